The molecule has 1 aliphatic carbocycles. The molecule has 1 N–H and O–H groups in total. The molecule has 1 aromatic carbocycles. The number of carbonyl (C=O) groups excluding carboxylic acids is 1. The van der Waals surface area contributed by atoms with Crippen LogP contribution in [0.2, 0.25) is 0 Å². The van der Waals surface area contributed by atoms with E-state index in [0.29, 0.717) is 18.9 Å². The van der Waals surface area contributed by atoms with Crippen molar-refractivity contribution in [3.05, 3.63) is 35.4 Å². The van der Waals surface area contributed by atoms with Gasteiger partial charge in [0.05, 0.1) is 4.75 Å². The van der Waals surface area contributed by atoms with Crippen LogP contribution in [-0.2, 0) is 21.1 Å². The highest BCUT2D eigenvalue weighted by Gasteiger charge is 2.44. The van der Waals surface area contributed by atoms with Crippen molar-refractivity contribution in [2.75, 3.05) is 12.8 Å². The molecule has 5 heteroatoms. The average molecular weight is 337 g/mol. The van der Waals surface area contributed by atoms with E-state index < -0.39 is 14.6 Å². The molecule has 1 aromatic rings. The number of carbonyl (C=O) groups is 1. The second-order valence-corrected chi connectivity index (χ2v) is 9.72. The van der Waals surface area contributed by atoms with Crippen LogP contribution in [0.4, 0.5) is 0 Å². The summed E-state index contributed by atoms with van der Waals surface area (Å²) in [6.07, 6.45) is 3.54. The van der Waals surface area contributed by atoms with E-state index in [-0.39, 0.29) is 11.8 Å². The molecule has 1 aliphatic rings. The Labute approximate surface area is 139 Å². The van der Waals surface area contributed by atoms with Crippen LogP contribution in [0.15, 0.2) is 24.3 Å². The Hall–Kier alpha value is -1.36. The van der Waals surface area contributed by atoms with E-state index in [1.54, 1.807) is 13.8 Å². The lowest BCUT2D eigenvalue weighted by molar-refractivity contribution is -0.122. The molecular weight excluding hydrogens is 310 g/mol. The van der Waals surface area contributed by atoms with E-state index in [1.807, 2.05) is 12.1 Å². The zero-order valence-corrected chi connectivity index (χ0v) is 15.2. The van der Waals surface area contributed by atoms with Crippen molar-refractivity contribution in [1.82, 2.24) is 5.32 Å². The molecule has 0 saturated heterocycles. The molecule has 0 bridgehead atoms. The van der Waals surface area contributed by atoms with Crippen molar-refractivity contribution >= 4 is 15.7 Å². The molecule has 1 amide bonds. The minimum atomic E-state index is -3.12. The van der Waals surface area contributed by atoms with Gasteiger partial charge in [-0.05, 0) is 50.2 Å². The molecule has 23 heavy (non-hydrogen) atoms. The van der Waals surface area contributed by atoms with E-state index >= 15 is 0 Å². The molecule has 0 aromatic heterocycles. The summed E-state index contributed by atoms with van der Waals surface area (Å²) in [5.74, 6) is 0.392. The van der Waals surface area contributed by atoms with Crippen LogP contribution >= 0.6 is 0 Å². The molecule has 2 rings (SSSR count). The number of hydrogen-bond donors (Lipinski definition) is 1. The third kappa shape index (κ3) is 4.14. The lowest BCUT2D eigenvalue weighted by atomic mass is 10.00. The number of hydrogen-bond acceptors (Lipinski definition) is 3. The van der Waals surface area contributed by atoms with Gasteiger partial charge < -0.3 is 5.32 Å². The predicted molar refractivity (Wildman–Crippen MR) is 93.2 cm³/mol. The van der Waals surface area contributed by atoms with Crippen LogP contribution in [0.3, 0.4) is 0 Å². The van der Waals surface area contributed by atoms with Gasteiger partial charge in [0.2, 0.25) is 5.91 Å². The zero-order chi connectivity index (χ0) is 17.3. The smallest absolute Gasteiger partial charge is 0.223 e. The number of amides is 1. The third-order valence-electron chi connectivity index (χ3n) is 4.99. The largest absolute Gasteiger partial charge is 0.356 e. The van der Waals surface area contributed by atoms with E-state index in [2.05, 4.69) is 24.4 Å². The Kier molecular flexibility index (Phi) is 5.19. The molecule has 1 fully saturated rings. The third-order valence-corrected chi connectivity index (χ3v) is 7.20. The van der Waals surface area contributed by atoms with E-state index in [1.165, 1.54) is 17.4 Å². The number of benzene rings is 1. The quantitative estimate of drug-likeness (QED) is 0.832. The fraction of sp³-hybridized carbons (Fsp3) is 0.611. The topological polar surface area (TPSA) is 63.2 Å². The summed E-state index contributed by atoms with van der Waals surface area (Å²) in [6.45, 7) is 5.93. The number of aryl methyl sites for hydroxylation is 1. The number of sulfone groups is 1. The Morgan fingerprint density at radius 2 is 1.96 bits per heavy atom. The lowest BCUT2D eigenvalue weighted by Gasteiger charge is -2.22. The Morgan fingerprint density at radius 3 is 2.57 bits per heavy atom. The first-order valence-electron chi connectivity index (χ1n) is 8.22. The standard InChI is InChI=1S/C18H27NO3S/c1-5-13-8-6-7-9-14(13)15-12-16(15)17(20)19-11-10-18(2,3)23(4,21)22/h6-9,15-16H,5,10-12H2,1-4H3,(H,19,20)/t15-,16+/m0/s1. The van der Waals surface area contributed by atoms with E-state index in [4.69, 9.17) is 0 Å². The van der Waals surface area contributed by atoms with Crippen LogP contribution in [0.25, 0.3) is 0 Å². The monoisotopic (exact) mass is 337 g/mol. The second-order valence-electron chi connectivity index (χ2n) is 7.07. The molecule has 128 valence electrons. The van der Waals surface area contributed by atoms with Gasteiger partial charge in [0, 0.05) is 18.7 Å². The summed E-state index contributed by atoms with van der Waals surface area (Å²) >= 11 is 0. The summed E-state index contributed by atoms with van der Waals surface area (Å²) in [6, 6.07) is 8.30. The Morgan fingerprint density at radius 1 is 1.30 bits per heavy atom. The van der Waals surface area contributed by atoms with Crippen molar-refractivity contribution < 1.29 is 13.2 Å². The minimum Gasteiger partial charge on any atom is -0.356 e. The SMILES string of the molecule is CCc1ccccc1[C@@H]1C[C@H]1C(=O)NCCC(C)(C)S(C)(=O)=O. The highest BCUT2D eigenvalue weighted by atomic mass is 32.2. The summed E-state index contributed by atoms with van der Waals surface area (Å²) in [4.78, 5) is 12.3. The van der Waals surface area contributed by atoms with Gasteiger partial charge in [0.25, 0.3) is 0 Å². The maximum absolute atomic E-state index is 12.3. The van der Waals surface area contributed by atoms with Crippen molar-refractivity contribution in [3.8, 4) is 0 Å². The first-order chi connectivity index (χ1) is 10.7. The van der Waals surface area contributed by atoms with Gasteiger partial charge in [-0.3, -0.25) is 4.79 Å². The van der Waals surface area contributed by atoms with Crippen LogP contribution in [0, 0.1) is 5.92 Å². The summed E-state index contributed by atoms with van der Waals surface area (Å²) < 4.78 is 22.5. The molecule has 1 saturated carbocycles. The van der Waals surface area contributed by atoms with E-state index in [0.717, 1.165) is 12.8 Å². The molecule has 0 aliphatic heterocycles. The van der Waals surface area contributed by atoms with Gasteiger partial charge in [-0.25, -0.2) is 8.42 Å². The maximum atomic E-state index is 12.3. The fourth-order valence-electron chi connectivity index (χ4n) is 2.85. The number of rotatable bonds is 7. The highest BCUT2D eigenvalue weighted by molar-refractivity contribution is 7.92. The van der Waals surface area contributed by atoms with Crippen LogP contribution in [0.5, 0.6) is 0 Å². The second kappa shape index (κ2) is 6.63. The zero-order valence-electron chi connectivity index (χ0n) is 14.4. The molecule has 0 unspecified atom stereocenters. The average Bonchev–Trinajstić information content (AvgIpc) is 3.26. The molecule has 0 radical (unpaired) electrons. The van der Waals surface area contributed by atoms with Crippen molar-refractivity contribution in [2.24, 2.45) is 5.92 Å². The summed E-state index contributed by atoms with van der Waals surface area (Å²) in [5, 5.41) is 2.91. The van der Waals surface area contributed by atoms with Gasteiger partial charge in [0.15, 0.2) is 9.84 Å². The van der Waals surface area contributed by atoms with Crippen molar-refractivity contribution in [1.29, 1.82) is 0 Å². The summed E-state index contributed by atoms with van der Waals surface area (Å²) in [5.41, 5.74) is 2.60. The first kappa shape index (κ1) is 18.0. The van der Waals surface area contributed by atoms with Crippen molar-refractivity contribution in [2.45, 2.75) is 50.7 Å². The molecule has 2 atom stereocenters. The normalized spacial score (nSPS) is 21.0. The predicted octanol–water partition coefficient (Wildman–Crippen LogP) is 2.68. The first-order valence-corrected chi connectivity index (χ1v) is 10.1. The maximum Gasteiger partial charge on any atom is 0.223 e. The van der Waals surface area contributed by atoms with Gasteiger partial charge >= 0.3 is 0 Å². The van der Waals surface area contributed by atoms with Crippen molar-refractivity contribution in [3.63, 3.8) is 0 Å². The lowest BCUT2D eigenvalue weighted by Crippen LogP contribution is -2.36. The molecule has 4 nitrogen and oxygen atoms in total. The van der Waals surface area contributed by atoms with Gasteiger partial charge in [-0.1, -0.05) is 31.2 Å². The van der Waals surface area contributed by atoms with Gasteiger partial charge in [-0.2, -0.15) is 0 Å². The fourth-order valence-corrected chi connectivity index (χ4v) is 3.32. The Balaban J connectivity index is 1.87. The highest BCUT2D eigenvalue weighted by Crippen LogP contribution is 2.48. The molecule has 0 heterocycles. The van der Waals surface area contributed by atoms with E-state index in [9.17, 15) is 13.2 Å². The Bertz CT molecular complexity index is 679. The molecule has 0 spiro atoms. The minimum absolute atomic E-state index is 0.0315. The van der Waals surface area contributed by atoms with Gasteiger partial charge in [0.1, 0.15) is 0 Å². The summed E-state index contributed by atoms with van der Waals surface area (Å²) in [7, 11) is -3.12. The van der Waals surface area contributed by atoms with Crippen LogP contribution in [0.1, 0.15) is 50.7 Å². The number of nitrogens with one attached hydrogen (secondary N) is 1. The molecular formula is C18H27NO3S. The van der Waals surface area contributed by atoms with Crippen LogP contribution in [-0.4, -0.2) is 31.9 Å². The van der Waals surface area contributed by atoms with Gasteiger partial charge in [-0.15, -0.1) is 0 Å². The van der Waals surface area contributed by atoms with Crippen LogP contribution < -0.4 is 5.32 Å².